The largest absolute Gasteiger partial charge is 0.397 e. The number of pyridine rings is 1. The molecule has 3 heteroatoms. The number of ketones is 1. The summed E-state index contributed by atoms with van der Waals surface area (Å²) in [5.41, 5.74) is 7.70. The summed E-state index contributed by atoms with van der Waals surface area (Å²) in [6.45, 7) is 11.7. The second kappa shape index (κ2) is 6.77. The molecule has 1 heterocycles. The lowest BCUT2D eigenvalue weighted by Gasteiger charge is -2.07. The van der Waals surface area contributed by atoms with Crippen molar-refractivity contribution in [3.8, 4) is 0 Å². The number of carbonyl (C=O) groups excluding carboxylic acids is 1. The molecular formula is C13H20N2O. The highest BCUT2D eigenvalue weighted by atomic mass is 16.1. The van der Waals surface area contributed by atoms with Crippen molar-refractivity contribution < 1.29 is 4.79 Å². The van der Waals surface area contributed by atoms with Gasteiger partial charge in [0.2, 0.25) is 0 Å². The van der Waals surface area contributed by atoms with Crippen LogP contribution in [0, 0.1) is 5.92 Å². The second-order valence-electron chi connectivity index (χ2n) is 3.65. The van der Waals surface area contributed by atoms with E-state index in [9.17, 15) is 4.79 Å². The maximum Gasteiger partial charge on any atom is 0.185 e. The summed E-state index contributed by atoms with van der Waals surface area (Å²) in [7, 11) is 0. The smallest absolute Gasteiger partial charge is 0.185 e. The van der Waals surface area contributed by atoms with E-state index in [0.717, 1.165) is 12.0 Å². The van der Waals surface area contributed by atoms with Crippen molar-refractivity contribution in [2.45, 2.75) is 27.2 Å². The van der Waals surface area contributed by atoms with E-state index in [1.165, 1.54) is 0 Å². The highest BCUT2D eigenvalue weighted by molar-refractivity contribution is 5.99. The number of anilines is 1. The van der Waals surface area contributed by atoms with Crippen LogP contribution in [-0.4, -0.2) is 10.8 Å². The molecule has 16 heavy (non-hydrogen) atoms. The normalized spacial score (nSPS) is 9.50. The number of rotatable bonds is 3. The molecule has 0 unspecified atom stereocenters. The number of nitrogens with zero attached hydrogens (tertiary/aromatic N) is 1. The summed E-state index contributed by atoms with van der Waals surface area (Å²) in [6, 6.07) is 1.82. The average Bonchev–Trinajstić information content (AvgIpc) is 2.30. The van der Waals surface area contributed by atoms with Crippen molar-refractivity contribution in [2.75, 3.05) is 5.73 Å². The Bertz CT molecular complexity index is 359. The molecule has 0 amide bonds. The summed E-state index contributed by atoms with van der Waals surface area (Å²) in [5.74, 6) is -0.0533. The highest BCUT2D eigenvalue weighted by Crippen LogP contribution is 2.15. The van der Waals surface area contributed by atoms with Gasteiger partial charge in [0.05, 0.1) is 5.69 Å². The van der Waals surface area contributed by atoms with Crippen molar-refractivity contribution in [1.82, 2.24) is 4.98 Å². The van der Waals surface area contributed by atoms with Crippen molar-refractivity contribution >= 4 is 11.5 Å². The first kappa shape index (κ1) is 14.4. The Morgan fingerprint density at radius 1 is 1.50 bits per heavy atom. The molecular weight excluding hydrogens is 200 g/mol. The molecule has 0 bridgehead atoms. The van der Waals surface area contributed by atoms with Crippen LogP contribution in [0.25, 0.3) is 0 Å². The number of carbonyl (C=O) groups is 1. The van der Waals surface area contributed by atoms with E-state index in [1.54, 1.807) is 6.20 Å². The molecule has 3 nitrogen and oxygen atoms in total. The molecule has 0 spiro atoms. The van der Waals surface area contributed by atoms with Gasteiger partial charge in [0.1, 0.15) is 5.69 Å². The molecule has 0 saturated heterocycles. The number of nitrogen functional groups attached to an aromatic ring is 1. The summed E-state index contributed by atoms with van der Waals surface area (Å²) in [6.07, 6.45) is 2.60. The third-order valence-corrected chi connectivity index (χ3v) is 2.14. The van der Waals surface area contributed by atoms with E-state index in [0.29, 0.717) is 11.4 Å². The lowest BCUT2D eigenvalue weighted by atomic mass is 10.0. The zero-order valence-corrected chi connectivity index (χ0v) is 10.3. The minimum atomic E-state index is -0.0581. The fraction of sp³-hybridized carbons (Fsp3) is 0.385. The molecule has 0 fully saturated rings. The number of hydrogen-bond donors (Lipinski definition) is 1. The summed E-state index contributed by atoms with van der Waals surface area (Å²) in [4.78, 5) is 15.7. The Balaban J connectivity index is 0.00000106. The predicted octanol–water partition coefficient (Wildman–Crippen LogP) is 2.87. The Kier molecular flexibility index (Phi) is 6.08. The van der Waals surface area contributed by atoms with Gasteiger partial charge in [0.25, 0.3) is 0 Å². The van der Waals surface area contributed by atoms with Crippen LogP contribution in [0.1, 0.15) is 36.8 Å². The Hall–Kier alpha value is -1.64. The average molecular weight is 220 g/mol. The summed E-state index contributed by atoms with van der Waals surface area (Å²) < 4.78 is 0. The number of Topliss-reactive ketones (excluding diaryl/α,β-unsaturated/α-hetero) is 1. The SMILES string of the molecule is C=C.CCc1cnc(C(=O)C(C)C)c(N)c1. The van der Waals surface area contributed by atoms with Gasteiger partial charge in [-0.2, -0.15) is 0 Å². The highest BCUT2D eigenvalue weighted by Gasteiger charge is 2.14. The minimum absolute atomic E-state index is 0.00477. The van der Waals surface area contributed by atoms with Gasteiger partial charge in [-0.3, -0.25) is 9.78 Å². The second-order valence-corrected chi connectivity index (χ2v) is 3.65. The molecule has 0 aliphatic heterocycles. The van der Waals surface area contributed by atoms with Gasteiger partial charge in [-0.1, -0.05) is 20.8 Å². The van der Waals surface area contributed by atoms with Gasteiger partial charge >= 0.3 is 0 Å². The first-order valence-corrected chi connectivity index (χ1v) is 5.34. The molecule has 0 radical (unpaired) electrons. The molecule has 1 aromatic heterocycles. The van der Waals surface area contributed by atoms with Gasteiger partial charge in [-0.15, -0.1) is 13.2 Å². The number of nitrogens with two attached hydrogens (primary N) is 1. The topological polar surface area (TPSA) is 56.0 Å². The zero-order chi connectivity index (χ0) is 12.7. The molecule has 2 N–H and O–H groups in total. The van der Waals surface area contributed by atoms with Gasteiger partial charge in [0, 0.05) is 12.1 Å². The number of aromatic nitrogens is 1. The van der Waals surface area contributed by atoms with Crippen molar-refractivity contribution in [2.24, 2.45) is 5.92 Å². The van der Waals surface area contributed by atoms with Crippen molar-refractivity contribution in [3.63, 3.8) is 0 Å². The van der Waals surface area contributed by atoms with Crippen LogP contribution < -0.4 is 5.73 Å². The predicted molar refractivity (Wildman–Crippen MR) is 68.4 cm³/mol. The monoisotopic (exact) mass is 220 g/mol. The standard InChI is InChI=1S/C11H16N2O.C2H4/c1-4-8-5-9(12)10(13-6-8)11(14)7(2)3;1-2/h5-7H,4,12H2,1-3H3;1-2H2. The Morgan fingerprint density at radius 2 is 2.06 bits per heavy atom. The number of hydrogen-bond acceptors (Lipinski definition) is 3. The lowest BCUT2D eigenvalue weighted by Crippen LogP contribution is -2.12. The van der Waals surface area contributed by atoms with Crippen LogP contribution >= 0.6 is 0 Å². The first-order chi connectivity index (χ1) is 7.56. The van der Waals surface area contributed by atoms with E-state index in [4.69, 9.17) is 5.73 Å². The van der Waals surface area contributed by atoms with Crippen molar-refractivity contribution in [3.05, 3.63) is 36.7 Å². The molecule has 1 aromatic rings. The van der Waals surface area contributed by atoms with Gasteiger partial charge < -0.3 is 5.73 Å². The van der Waals surface area contributed by atoms with Gasteiger partial charge in [-0.05, 0) is 18.1 Å². The maximum atomic E-state index is 11.6. The van der Waals surface area contributed by atoms with E-state index < -0.39 is 0 Å². The van der Waals surface area contributed by atoms with Crippen LogP contribution in [0.15, 0.2) is 25.4 Å². The van der Waals surface area contributed by atoms with E-state index >= 15 is 0 Å². The van der Waals surface area contributed by atoms with Crippen LogP contribution in [0.2, 0.25) is 0 Å². The zero-order valence-electron chi connectivity index (χ0n) is 10.3. The number of aryl methyl sites for hydroxylation is 1. The first-order valence-electron chi connectivity index (χ1n) is 5.34. The fourth-order valence-electron chi connectivity index (χ4n) is 1.20. The molecule has 0 aliphatic rings. The third kappa shape index (κ3) is 3.50. The quantitative estimate of drug-likeness (QED) is 0.629. The van der Waals surface area contributed by atoms with Crippen LogP contribution in [0.3, 0.4) is 0 Å². The van der Waals surface area contributed by atoms with E-state index in [2.05, 4.69) is 18.1 Å². The lowest BCUT2D eigenvalue weighted by molar-refractivity contribution is 0.0935. The van der Waals surface area contributed by atoms with Crippen LogP contribution in [-0.2, 0) is 6.42 Å². The molecule has 88 valence electrons. The van der Waals surface area contributed by atoms with Gasteiger partial charge in [0.15, 0.2) is 5.78 Å². The Morgan fingerprint density at radius 3 is 2.44 bits per heavy atom. The molecule has 0 aromatic carbocycles. The summed E-state index contributed by atoms with van der Waals surface area (Å²) >= 11 is 0. The molecule has 0 atom stereocenters. The molecule has 1 rings (SSSR count). The van der Waals surface area contributed by atoms with Crippen molar-refractivity contribution in [1.29, 1.82) is 0 Å². The van der Waals surface area contributed by atoms with E-state index in [1.807, 2.05) is 26.8 Å². The minimum Gasteiger partial charge on any atom is -0.397 e. The van der Waals surface area contributed by atoms with Gasteiger partial charge in [-0.25, -0.2) is 0 Å². The molecule has 0 aliphatic carbocycles. The van der Waals surface area contributed by atoms with E-state index in [-0.39, 0.29) is 11.7 Å². The third-order valence-electron chi connectivity index (χ3n) is 2.14. The summed E-state index contributed by atoms with van der Waals surface area (Å²) in [5, 5.41) is 0. The van der Waals surface area contributed by atoms with Crippen LogP contribution in [0.4, 0.5) is 5.69 Å². The van der Waals surface area contributed by atoms with Crippen LogP contribution in [0.5, 0.6) is 0 Å². The Labute approximate surface area is 97.4 Å². The molecule has 0 saturated carbocycles. The maximum absolute atomic E-state index is 11.6. The fourth-order valence-corrected chi connectivity index (χ4v) is 1.20.